The summed E-state index contributed by atoms with van der Waals surface area (Å²) in [4.78, 5) is 13.2. The van der Waals surface area contributed by atoms with Crippen LogP contribution in [0.1, 0.15) is 6.92 Å². The molecular formula is C18H15Cl2NO2S. The number of nitrogens with one attached hydrogen (secondary N) is 1. The second kappa shape index (κ2) is 7.51. The van der Waals surface area contributed by atoms with E-state index in [-0.39, 0.29) is 5.91 Å². The number of para-hydroxylation sites is 1. The molecule has 0 atom stereocenters. The Kier molecular flexibility index (Phi) is 5.39. The summed E-state index contributed by atoms with van der Waals surface area (Å²) >= 11 is 13.8. The van der Waals surface area contributed by atoms with E-state index in [1.54, 1.807) is 12.1 Å². The molecule has 1 amide bonds. The van der Waals surface area contributed by atoms with Crippen LogP contribution in [0.2, 0.25) is 10.0 Å². The highest BCUT2D eigenvalue weighted by Crippen LogP contribution is 2.35. The second-order valence-electron chi connectivity index (χ2n) is 5.21. The lowest BCUT2D eigenvalue weighted by Gasteiger charge is -2.19. The molecule has 3 rings (SSSR count). The quantitative estimate of drug-likeness (QED) is 0.754. The maximum atomic E-state index is 12.6. The summed E-state index contributed by atoms with van der Waals surface area (Å²) in [5.74, 6) is 1.26. The summed E-state index contributed by atoms with van der Waals surface area (Å²) in [7, 11) is 0. The molecule has 3 nitrogen and oxygen atoms in total. The summed E-state index contributed by atoms with van der Waals surface area (Å²) < 4.78 is 5.46. The number of halogens is 2. The van der Waals surface area contributed by atoms with Gasteiger partial charge in [-0.2, -0.15) is 0 Å². The number of carbonyl (C=O) groups excluding carboxylic acids is 1. The van der Waals surface area contributed by atoms with Gasteiger partial charge in [-0.05, 0) is 25.1 Å². The first-order valence-electron chi connectivity index (χ1n) is 7.38. The minimum absolute atomic E-state index is 0.172. The zero-order valence-corrected chi connectivity index (χ0v) is 15.3. The maximum absolute atomic E-state index is 12.6. The molecule has 0 bridgehead atoms. The van der Waals surface area contributed by atoms with E-state index in [2.05, 4.69) is 5.32 Å². The summed E-state index contributed by atoms with van der Waals surface area (Å²) in [5.41, 5.74) is 2.35. The van der Waals surface area contributed by atoms with E-state index in [4.69, 9.17) is 27.9 Å². The second-order valence-corrected chi connectivity index (χ2v) is 7.15. The Labute approximate surface area is 155 Å². The summed E-state index contributed by atoms with van der Waals surface area (Å²) in [6.45, 7) is 2.44. The molecule has 0 fully saturated rings. The fraction of sp³-hybridized carbons (Fsp3) is 0.167. The molecule has 6 heteroatoms. The molecule has 0 spiro atoms. The lowest BCUT2D eigenvalue weighted by atomic mass is 10.0. The number of amides is 1. The third kappa shape index (κ3) is 3.72. The first-order valence-corrected chi connectivity index (χ1v) is 9.12. The Morgan fingerprint density at radius 2 is 1.96 bits per heavy atom. The van der Waals surface area contributed by atoms with Crippen LogP contribution in [0.5, 0.6) is 0 Å². The molecule has 1 heterocycles. The number of hydrogen-bond acceptors (Lipinski definition) is 3. The van der Waals surface area contributed by atoms with Gasteiger partial charge in [-0.3, -0.25) is 4.79 Å². The van der Waals surface area contributed by atoms with Gasteiger partial charge in [-0.25, -0.2) is 0 Å². The molecule has 1 aliphatic rings. The number of anilines is 1. The number of thioether (sulfide) groups is 1. The standard InChI is InChI=1S/C18H15Cl2NO2S/c1-11-17(24-9-8-23-11)18(22)21-16-5-3-2-4-14(16)13-7-6-12(19)10-15(13)20/h2-7,10H,8-9H2,1H3,(H,21,22). The first-order chi connectivity index (χ1) is 11.6. The Hall–Kier alpha value is -1.62. The third-order valence-electron chi connectivity index (χ3n) is 3.57. The smallest absolute Gasteiger partial charge is 0.265 e. The SMILES string of the molecule is CC1=C(C(=O)Nc2ccccc2-c2ccc(Cl)cc2Cl)SCCO1. The largest absolute Gasteiger partial charge is 0.496 e. The molecule has 24 heavy (non-hydrogen) atoms. The lowest BCUT2D eigenvalue weighted by Crippen LogP contribution is -2.18. The van der Waals surface area contributed by atoms with Gasteiger partial charge in [0.15, 0.2) is 0 Å². The third-order valence-corrected chi connectivity index (χ3v) is 5.25. The molecule has 0 aliphatic carbocycles. The van der Waals surface area contributed by atoms with Crippen LogP contribution in [-0.4, -0.2) is 18.3 Å². The van der Waals surface area contributed by atoms with Crippen LogP contribution in [0.4, 0.5) is 5.69 Å². The van der Waals surface area contributed by atoms with Gasteiger partial charge in [-0.15, -0.1) is 11.8 Å². The number of rotatable bonds is 3. The van der Waals surface area contributed by atoms with Gasteiger partial charge in [0.1, 0.15) is 10.7 Å². The minimum Gasteiger partial charge on any atom is -0.496 e. The van der Waals surface area contributed by atoms with E-state index in [9.17, 15) is 4.79 Å². The maximum Gasteiger partial charge on any atom is 0.265 e. The number of hydrogen-bond donors (Lipinski definition) is 1. The monoisotopic (exact) mass is 379 g/mol. The Morgan fingerprint density at radius 3 is 2.71 bits per heavy atom. The minimum atomic E-state index is -0.172. The molecule has 0 saturated carbocycles. The molecule has 0 saturated heterocycles. The van der Waals surface area contributed by atoms with Crippen molar-refractivity contribution < 1.29 is 9.53 Å². The molecule has 124 valence electrons. The average Bonchev–Trinajstić information content (AvgIpc) is 2.56. The van der Waals surface area contributed by atoms with E-state index < -0.39 is 0 Å². The normalized spacial score (nSPS) is 14.3. The van der Waals surface area contributed by atoms with Gasteiger partial charge >= 0.3 is 0 Å². The molecule has 1 aliphatic heterocycles. The van der Waals surface area contributed by atoms with Crippen molar-refractivity contribution in [3.63, 3.8) is 0 Å². The molecule has 1 N–H and O–H groups in total. The van der Waals surface area contributed by atoms with Gasteiger partial charge in [0.05, 0.1) is 6.61 Å². The number of benzene rings is 2. The van der Waals surface area contributed by atoms with Crippen LogP contribution < -0.4 is 5.32 Å². The number of allylic oxidation sites excluding steroid dienone is 1. The summed E-state index contributed by atoms with van der Waals surface area (Å²) in [6, 6.07) is 12.8. The Morgan fingerprint density at radius 1 is 1.17 bits per heavy atom. The lowest BCUT2D eigenvalue weighted by molar-refractivity contribution is -0.112. The van der Waals surface area contributed by atoms with Gasteiger partial charge < -0.3 is 10.1 Å². The van der Waals surface area contributed by atoms with E-state index in [1.165, 1.54) is 11.8 Å². The van der Waals surface area contributed by atoms with E-state index in [0.717, 1.165) is 16.9 Å². The Bertz CT molecular complexity index is 820. The van der Waals surface area contributed by atoms with Crippen molar-refractivity contribution in [2.24, 2.45) is 0 Å². The molecule has 2 aromatic rings. The van der Waals surface area contributed by atoms with Crippen LogP contribution in [0.3, 0.4) is 0 Å². The predicted octanol–water partition coefficient (Wildman–Crippen LogP) is 5.59. The highest BCUT2D eigenvalue weighted by atomic mass is 35.5. The van der Waals surface area contributed by atoms with Gasteiger partial charge in [0.2, 0.25) is 0 Å². The van der Waals surface area contributed by atoms with Gasteiger partial charge in [-0.1, -0.05) is 47.5 Å². The zero-order chi connectivity index (χ0) is 17.1. The Balaban J connectivity index is 1.94. The van der Waals surface area contributed by atoms with Crippen LogP contribution in [-0.2, 0) is 9.53 Å². The molecule has 2 aromatic carbocycles. The summed E-state index contributed by atoms with van der Waals surface area (Å²) in [5, 5.41) is 4.07. The zero-order valence-electron chi connectivity index (χ0n) is 12.9. The van der Waals surface area contributed by atoms with Crippen molar-refractivity contribution in [1.82, 2.24) is 0 Å². The van der Waals surface area contributed by atoms with Crippen molar-refractivity contribution in [2.45, 2.75) is 6.92 Å². The van der Waals surface area contributed by atoms with E-state index in [0.29, 0.717) is 33.0 Å². The summed E-state index contributed by atoms with van der Waals surface area (Å²) in [6.07, 6.45) is 0. The fourth-order valence-corrected chi connectivity index (χ4v) is 3.77. The van der Waals surface area contributed by atoms with Crippen molar-refractivity contribution in [3.8, 4) is 11.1 Å². The van der Waals surface area contributed by atoms with E-state index >= 15 is 0 Å². The van der Waals surface area contributed by atoms with Gasteiger partial charge in [0.25, 0.3) is 5.91 Å². The highest BCUT2D eigenvalue weighted by molar-refractivity contribution is 8.04. The number of carbonyl (C=O) groups is 1. The topological polar surface area (TPSA) is 38.3 Å². The van der Waals surface area contributed by atoms with Crippen LogP contribution in [0, 0.1) is 0 Å². The van der Waals surface area contributed by atoms with Crippen LogP contribution in [0.15, 0.2) is 53.1 Å². The first kappa shape index (κ1) is 17.2. The molecular weight excluding hydrogens is 365 g/mol. The average molecular weight is 380 g/mol. The molecule has 0 radical (unpaired) electrons. The predicted molar refractivity (Wildman–Crippen MR) is 102 cm³/mol. The van der Waals surface area contributed by atoms with Crippen molar-refractivity contribution in [3.05, 3.63) is 63.2 Å². The van der Waals surface area contributed by atoms with Crippen molar-refractivity contribution in [1.29, 1.82) is 0 Å². The van der Waals surface area contributed by atoms with Crippen LogP contribution in [0.25, 0.3) is 11.1 Å². The highest BCUT2D eigenvalue weighted by Gasteiger charge is 2.20. The van der Waals surface area contributed by atoms with E-state index in [1.807, 2.05) is 37.3 Å². The van der Waals surface area contributed by atoms with Crippen molar-refractivity contribution >= 4 is 46.6 Å². The van der Waals surface area contributed by atoms with Gasteiger partial charge in [0, 0.05) is 32.6 Å². The number of ether oxygens (including phenoxy) is 1. The molecule has 0 aromatic heterocycles. The van der Waals surface area contributed by atoms with Crippen LogP contribution >= 0.6 is 35.0 Å². The van der Waals surface area contributed by atoms with Crippen molar-refractivity contribution in [2.75, 3.05) is 17.7 Å². The fourth-order valence-electron chi connectivity index (χ4n) is 2.45. The molecule has 0 unspecified atom stereocenters.